The number of rotatable bonds is 1. The summed E-state index contributed by atoms with van der Waals surface area (Å²) < 4.78 is 0. The fourth-order valence-electron chi connectivity index (χ4n) is 2.56. The van der Waals surface area contributed by atoms with Crippen LogP contribution in [-0.4, -0.2) is 35.1 Å². The van der Waals surface area contributed by atoms with Gasteiger partial charge in [-0.05, 0) is 33.6 Å². The van der Waals surface area contributed by atoms with Gasteiger partial charge in [0.05, 0.1) is 24.2 Å². The van der Waals surface area contributed by atoms with Crippen molar-refractivity contribution in [2.45, 2.75) is 64.1 Å². The number of hydrogen-bond donors (Lipinski definition) is 1. The Kier molecular flexibility index (Phi) is 3.22. The van der Waals surface area contributed by atoms with Gasteiger partial charge in [0.25, 0.3) is 0 Å². The van der Waals surface area contributed by atoms with Gasteiger partial charge < -0.3 is 5.73 Å². The van der Waals surface area contributed by atoms with Crippen molar-refractivity contribution in [3.05, 3.63) is 0 Å². The van der Waals surface area contributed by atoms with Gasteiger partial charge in [0.1, 0.15) is 5.84 Å². The highest BCUT2D eigenvalue weighted by Gasteiger charge is 2.36. The maximum atomic E-state index is 5.99. The Bertz CT molecular complexity index is 282. The van der Waals surface area contributed by atoms with Crippen LogP contribution in [0.25, 0.3) is 0 Å². The van der Waals surface area contributed by atoms with E-state index in [1.807, 2.05) is 0 Å². The summed E-state index contributed by atoms with van der Waals surface area (Å²) in [7, 11) is 0. The Hall–Kier alpha value is -0.610. The van der Waals surface area contributed by atoms with Crippen molar-refractivity contribution in [3.63, 3.8) is 0 Å². The molecule has 1 aliphatic heterocycles. The molecule has 2 N–H and O–H groups in total. The summed E-state index contributed by atoms with van der Waals surface area (Å²) in [6.07, 6.45) is 4.87. The van der Waals surface area contributed by atoms with Crippen LogP contribution in [0.4, 0.5) is 0 Å². The third-order valence-electron chi connectivity index (χ3n) is 3.10. The summed E-state index contributed by atoms with van der Waals surface area (Å²) >= 11 is 0. The molecular formula is C12H23N3O. The zero-order valence-corrected chi connectivity index (χ0v) is 10.6. The Morgan fingerprint density at radius 2 is 2.00 bits per heavy atom. The molecule has 0 bridgehead atoms. The van der Waals surface area contributed by atoms with Crippen LogP contribution in [0.3, 0.4) is 0 Å². The first-order valence-electron chi connectivity index (χ1n) is 6.23. The maximum absolute atomic E-state index is 5.99. The van der Waals surface area contributed by atoms with Crippen molar-refractivity contribution in [1.29, 1.82) is 0 Å². The molecule has 16 heavy (non-hydrogen) atoms. The van der Waals surface area contributed by atoms with Crippen molar-refractivity contribution in [2.75, 3.05) is 6.54 Å². The average Bonchev–Trinajstić information content (AvgIpc) is 2.14. The van der Waals surface area contributed by atoms with Crippen LogP contribution in [0.2, 0.25) is 0 Å². The van der Waals surface area contributed by atoms with Gasteiger partial charge in [-0.3, -0.25) is 9.83 Å². The van der Waals surface area contributed by atoms with Crippen molar-refractivity contribution < 1.29 is 4.84 Å². The summed E-state index contributed by atoms with van der Waals surface area (Å²) in [5.41, 5.74) is 5.73. The first-order chi connectivity index (χ1) is 7.46. The molecule has 92 valence electrons. The van der Waals surface area contributed by atoms with E-state index < -0.39 is 0 Å². The summed E-state index contributed by atoms with van der Waals surface area (Å²) in [6.45, 7) is 6.88. The number of amidine groups is 1. The quantitative estimate of drug-likeness (QED) is 0.739. The van der Waals surface area contributed by atoms with E-state index in [2.05, 4.69) is 30.8 Å². The fraction of sp³-hybridized carbons (Fsp3) is 0.917. The smallest absolute Gasteiger partial charge is 0.111 e. The maximum Gasteiger partial charge on any atom is 0.111 e. The minimum absolute atomic E-state index is 0.153. The number of nitrogens with two attached hydrogens (primary N) is 1. The van der Waals surface area contributed by atoms with E-state index in [1.165, 1.54) is 19.3 Å². The molecule has 1 fully saturated rings. The molecule has 4 nitrogen and oxygen atoms in total. The van der Waals surface area contributed by atoms with Crippen LogP contribution >= 0.6 is 0 Å². The third kappa shape index (κ3) is 2.74. The first kappa shape index (κ1) is 11.9. The molecular weight excluding hydrogens is 202 g/mol. The summed E-state index contributed by atoms with van der Waals surface area (Å²) in [4.78, 5) is 10.5. The molecule has 0 amide bonds. The van der Waals surface area contributed by atoms with Gasteiger partial charge >= 0.3 is 0 Å². The Morgan fingerprint density at radius 3 is 2.69 bits per heavy atom. The third-order valence-corrected chi connectivity index (χ3v) is 3.10. The fourth-order valence-corrected chi connectivity index (χ4v) is 2.56. The van der Waals surface area contributed by atoms with Gasteiger partial charge in [0, 0.05) is 0 Å². The van der Waals surface area contributed by atoms with Gasteiger partial charge in [-0.25, -0.2) is 0 Å². The van der Waals surface area contributed by atoms with Gasteiger partial charge in [-0.2, -0.15) is 5.06 Å². The Labute approximate surface area is 97.8 Å². The zero-order chi connectivity index (χ0) is 11.8. The summed E-state index contributed by atoms with van der Waals surface area (Å²) in [6, 6.07) is 0.783. The number of hydrogen-bond acceptors (Lipinski definition) is 4. The molecule has 2 rings (SSSR count). The second-order valence-electron chi connectivity index (χ2n) is 5.82. The zero-order valence-electron chi connectivity index (χ0n) is 10.6. The number of hydroxylamine groups is 2. The lowest BCUT2D eigenvalue weighted by atomic mass is 9.89. The number of fused-ring (bicyclic) bond motifs is 1. The van der Waals surface area contributed by atoms with Gasteiger partial charge in [0.2, 0.25) is 0 Å². The van der Waals surface area contributed by atoms with E-state index in [-0.39, 0.29) is 5.60 Å². The number of aliphatic imine (C=N–C) groups is 1. The van der Waals surface area contributed by atoms with Crippen LogP contribution in [0.1, 0.15) is 46.5 Å². The molecule has 0 aromatic carbocycles. The minimum Gasteiger partial charge on any atom is -0.386 e. The molecule has 2 atom stereocenters. The van der Waals surface area contributed by atoms with Crippen molar-refractivity contribution in [3.8, 4) is 0 Å². The van der Waals surface area contributed by atoms with Gasteiger partial charge in [-0.1, -0.05) is 12.8 Å². The summed E-state index contributed by atoms with van der Waals surface area (Å²) in [5.74, 6) is 0.715. The molecule has 1 aliphatic carbocycles. The van der Waals surface area contributed by atoms with Crippen LogP contribution in [0.5, 0.6) is 0 Å². The lowest BCUT2D eigenvalue weighted by Gasteiger charge is -2.43. The lowest BCUT2D eigenvalue weighted by molar-refractivity contribution is -0.250. The highest BCUT2D eigenvalue weighted by molar-refractivity contribution is 5.83. The van der Waals surface area contributed by atoms with E-state index in [0.717, 1.165) is 6.42 Å². The topological polar surface area (TPSA) is 50.9 Å². The van der Waals surface area contributed by atoms with E-state index in [9.17, 15) is 0 Å². The van der Waals surface area contributed by atoms with E-state index in [1.54, 1.807) is 0 Å². The molecule has 1 saturated carbocycles. The van der Waals surface area contributed by atoms with Crippen LogP contribution < -0.4 is 5.73 Å². The number of nitrogens with zero attached hydrogens (tertiary/aromatic N) is 2. The largest absolute Gasteiger partial charge is 0.386 e. The molecule has 1 heterocycles. The molecule has 4 heteroatoms. The Morgan fingerprint density at radius 1 is 1.31 bits per heavy atom. The summed E-state index contributed by atoms with van der Waals surface area (Å²) in [5, 5.41) is 2.06. The predicted octanol–water partition coefficient (Wildman–Crippen LogP) is 1.70. The van der Waals surface area contributed by atoms with Crippen LogP contribution in [0.15, 0.2) is 4.99 Å². The second-order valence-corrected chi connectivity index (χ2v) is 5.82. The Balaban J connectivity index is 2.10. The van der Waals surface area contributed by atoms with Crippen molar-refractivity contribution in [2.24, 2.45) is 10.7 Å². The van der Waals surface area contributed by atoms with E-state index >= 15 is 0 Å². The standard InChI is InChI=1S/C12H23N3O/c1-12(2,3)16-15-8-11(13)14-9-6-4-5-7-10(9)15/h9-10H,4-8H2,1-3H3,(H2,13,14)/t9-,10+/m0/s1. The average molecular weight is 225 g/mol. The van der Waals surface area contributed by atoms with Gasteiger partial charge in [0.15, 0.2) is 0 Å². The molecule has 0 unspecified atom stereocenters. The molecule has 0 aromatic rings. The predicted molar refractivity (Wildman–Crippen MR) is 65.2 cm³/mol. The minimum atomic E-state index is -0.153. The normalized spacial score (nSPS) is 32.1. The molecule has 0 spiro atoms. The molecule has 0 radical (unpaired) electrons. The monoisotopic (exact) mass is 225 g/mol. The van der Waals surface area contributed by atoms with E-state index in [0.29, 0.717) is 24.5 Å². The van der Waals surface area contributed by atoms with Gasteiger partial charge in [-0.15, -0.1) is 0 Å². The molecule has 2 aliphatic rings. The van der Waals surface area contributed by atoms with Crippen LogP contribution in [-0.2, 0) is 4.84 Å². The van der Waals surface area contributed by atoms with Crippen molar-refractivity contribution >= 4 is 5.84 Å². The van der Waals surface area contributed by atoms with Crippen LogP contribution in [0, 0.1) is 0 Å². The lowest BCUT2D eigenvalue weighted by Crippen LogP contribution is -2.54. The molecule has 0 saturated heterocycles. The van der Waals surface area contributed by atoms with Crippen molar-refractivity contribution in [1.82, 2.24) is 5.06 Å². The first-order valence-corrected chi connectivity index (χ1v) is 6.23. The second kappa shape index (κ2) is 4.34. The van der Waals surface area contributed by atoms with E-state index in [4.69, 9.17) is 10.6 Å². The highest BCUT2D eigenvalue weighted by atomic mass is 16.7. The SMILES string of the molecule is CC(C)(C)ON1CC(N)=N[C@H]2CCCC[C@H]21. The highest BCUT2D eigenvalue weighted by Crippen LogP contribution is 2.29. The molecule has 0 aromatic heterocycles.